The largest absolute Gasteiger partial charge is 0.352 e. The van der Waals surface area contributed by atoms with Crippen LogP contribution in [0.5, 0.6) is 0 Å². The lowest BCUT2D eigenvalue weighted by Gasteiger charge is -2.39. The number of sulfone groups is 1. The normalized spacial score (nSPS) is 20.3. The van der Waals surface area contributed by atoms with E-state index in [4.69, 9.17) is 5.14 Å². The number of rotatable bonds is 3. The van der Waals surface area contributed by atoms with Gasteiger partial charge in [-0.05, 0) is 31.5 Å². The van der Waals surface area contributed by atoms with Crippen molar-refractivity contribution in [3.05, 3.63) is 29.8 Å². The van der Waals surface area contributed by atoms with Crippen LogP contribution in [0.15, 0.2) is 34.2 Å². The Bertz CT molecular complexity index is 859. The maximum absolute atomic E-state index is 12.1. The van der Waals surface area contributed by atoms with Gasteiger partial charge in [0.05, 0.1) is 15.4 Å². The first-order chi connectivity index (χ1) is 11.5. The van der Waals surface area contributed by atoms with Crippen LogP contribution in [0, 0.1) is 0 Å². The number of primary sulfonamides is 1. The van der Waals surface area contributed by atoms with Gasteiger partial charge in [0.15, 0.2) is 15.8 Å². The van der Waals surface area contributed by atoms with E-state index in [9.17, 15) is 16.8 Å². The first-order valence-corrected chi connectivity index (χ1v) is 11.0. The van der Waals surface area contributed by atoms with Crippen molar-refractivity contribution in [2.24, 2.45) is 10.1 Å². The number of nitrogens with one attached hydrogen (secondary N) is 1. The van der Waals surface area contributed by atoms with E-state index in [-0.39, 0.29) is 10.6 Å². The standard InChI is InChI=1S/C15H24N4O4S2/c1-15(2)11-19(8-9-24(15,20)21)14(17-3)18-10-12-4-6-13(7-5-12)25(16,22)23/h4-7H,8-11H2,1-3H3,(H,17,18)(H2,16,22,23). The molecule has 0 aliphatic carbocycles. The summed E-state index contributed by atoms with van der Waals surface area (Å²) in [7, 11) is -5.18. The minimum absolute atomic E-state index is 0.0589. The number of hydrogen-bond acceptors (Lipinski definition) is 5. The molecule has 3 N–H and O–H groups in total. The summed E-state index contributed by atoms with van der Waals surface area (Å²) in [6.45, 7) is 4.61. The predicted molar refractivity (Wildman–Crippen MR) is 97.5 cm³/mol. The van der Waals surface area contributed by atoms with E-state index in [0.29, 0.717) is 25.6 Å². The molecule has 0 atom stereocenters. The Morgan fingerprint density at radius 3 is 2.40 bits per heavy atom. The Morgan fingerprint density at radius 1 is 1.32 bits per heavy atom. The number of nitrogens with two attached hydrogens (primary N) is 1. The second-order valence-electron chi connectivity index (χ2n) is 6.59. The van der Waals surface area contributed by atoms with Crippen LogP contribution < -0.4 is 10.5 Å². The number of guanidine groups is 1. The molecule has 1 aliphatic rings. The lowest BCUT2D eigenvalue weighted by Crippen LogP contribution is -2.57. The third-order valence-corrected chi connectivity index (χ3v) is 7.72. The Hall–Kier alpha value is -1.65. The molecule has 1 saturated heterocycles. The first kappa shape index (κ1) is 19.7. The molecule has 1 aromatic carbocycles. The number of aliphatic imine (C=N–C) groups is 1. The zero-order valence-corrected chi connectivity index (χ0v) is 16.2. The van der Waals surface area contributed by atoms with Gasteiger partial charge in [-0.3, -0.25) is 4.99 Å². The highest BCUT2D eigenvalue weighted by Crippen LogP contribution is 2.23. The van der Waals surface area contributed by atoms with Crippen LogP contribution in [-0.2, 0) is 26.4 Å². The van der Waals surface area contributed by atoms with Gasteiger partial charge < -0.3 is 10.2 Å². The molecule has 10 heteroatoms. The Labute approximate surface area is 149 Å². The van der Waals surface area contributed by atoms with Gasteiger partial charge in [-0.1, -0.05) is 12.1 Å². The van der Waals surface area contributed by atoms with Crippen LogP contribution in [-0.4, -0.2) is 58.3 Å². The molecule has 0 spiro atoms. The maximum Gasteiger partial charge on any atom is 0.238 e. The van der Waals surface area contributed by atoms with Crippen LogP contribution in [0.4, 0.5) is 0 Å². The van der Waals surface area contributed by atoms with E-state index in [2.05, 4.69) is 10.3 Å². The zero-order valence-electron chi connectivity index (χ0n) is 14.6. The molecule has 1 fully saturated rings. The van der Waals surface area contributed by atoms with Gasteiger partial charge in [0.2, 0.25) is 10.0 Å². The first-order valence-electron chi connectivity index (χ1n) is 7.76. The zero-order chi connectivity index (χ0) is 18.9. The Morgan fingerprint density at radius 2 is 1.92 bits per heavy atom. The van der Waals surface area contributed by atoms with Gasteiger partial charge in [0.25, 0.3) is 0 Å². The Kier molecular flexibility index (Phi) is 5.45. The number of nitrogens with zero attached hydrogens (tertiary/aromatic N) is 2. The van der Waals surface area contributed by atoms with Gasteiger partial charge in [-0.25, -0.2) is 22.0 Å². The second-order valence-corrected chi connectivity index (χ2v) is 10.9. The van der Waals surface area contributed by atoms with Crippen molar-refractivity contribution in [3.63, 3.8) is 0 Å². The SMILES string of the molecule is CN=C(NCc1ccc(S(N)(=O)=O)cc1)N1CCS(=O)(=O)C(C)(C)C1. The van der Waals surface area contributed by atoms with Crippen LogP contribution in [0.3, 0.4) is 0 Å². The van der Waals surface area contributed by atoms with E-state index < -0.39 is 24.6 Å². The highest BCUT2D eigenvalue weighted by Gasteiger charge is 2.40. The van der Waals surface area contributed by atoms with Crippen molar-refractivity contribution < 1.29 is 16.8 Å². The van der Waals surface area contributed by atoms with Gasteiger partial charge >= 0.3 is 0 Å². The summed E-state index contributed by atoms with van der Waals surface area (Å²) in [5, 5.41) is 8.26. The molecular weight excluding hydrogens is 364 g/mol. The van der Waals surface area contributed by atoms with E-state index in [1.807, 2.05) is 4.90 Å². The maximum atomic E-state index is 12.1. The van der Waals surface area contributed by atoms with Crippen molar-refractivity contribution in [1.82, 2.24) is 10.2 Å². The topological polar surface area (TPSA) is 122 Å². The van der Waals surface area contributed by atoms with Crippen molar-refractivity contribution in [1.29, 1.82) is 0 Å². The molecule has 1 aromatic rings. The van der Waals surface area contributed by atoms with E-state index in [1.54, 1.807) is 33.0 Å². The summed E-state index contributed by atoms with van der Waals surface area (Å²) < 4.78 is 45.9. The van der Waals surface area contributed by atoms with E-state index in [0.717, 1.165) is 5.56 Å². The summed E-state index contributed by atoms with van der Waals surface area (Å²) in [6.07, 6.45) is 0. The average Bonchev–Trinajstić information content (AvgIpc) is 2.51. The minimum Gasteiger partial charge on any atom is -0.352 e. The van der Waals surface area contributed by atoms with E-state index >= 15 is 0 Å². The molecule has 0 saturated carbocycles. The molecule has 0 amide bonds. The third-order valence-electron chi connectivity index (χ3n) is 4.26. The van der Waals surface area contributed by atoms with Crippen LogP contribution in [0.1, 0.15) is 19.4 Å². The summed E-state index contributed by atoms with van der Waals surface area (Å²) in [4.78, 5) is 6.19. The summed E-state index contributed by atoms with van der Waals surface area (Å²) in [6, 6.07) is 6.24. The van der Waals surface area contributed by atoms with Gasteiger partial charge in [0, 0.05) is 26.7 Å². The van der Waals surface area contributed by atoms with Crippen molar-refractivity contribution in [3.8, 4) is 0 Å². The summed E-state index contributed by atoms with van der Waals surface area (Å²) in [5.74, 6) is 0.697. The molecule has 0 bridgehead atoms. The van der Waals surface area contributed by atoms with Crippen LogP contribution in [0.25, 0.3) is 0 Å². The predicted octanol–water partition coefficient (Wildman–Crippen LogP) is -0.0816. The molecule has 1 heterocycles. The highest BCUT2D eigenvalue weighted by molar-refractivity contribution is 7.92. The van der Waals surface area contributed by atoms with Gasteiger partial charge in [-0.2, -0.15) is 0 Å². The molecule has 140 valence electrons. The molecule has 25 heavy (non-hydrogen) atoms. The molecule has 0 radical (unpaired) electrons. The molecule has 2 rings (SSSR count). The summed E-state index contributed by atoms with van der Waals surface area (Å²) in [5.41, 5.74) is 0.859. The number of hydrogen-bond donors (Lipinski definition) is 2. The monoisotopic (exact) mass is 388 g/mol. The third kappa shape index (κ3) is 4.50. The molecular formula is C15H24N4O4S2. The van der Waals surface area contributed by atoms with Crippen LogP contribution in [0.2, 0.25) is 0 Å². The Balaban J connectivity index is 2.04. The van der Waals surface area contributed by atoms with Gasteiger partial charge in [-0.15, -0.1) is 0 Å². The van der Waals surface area contributed by atoms with Crippen molar-refractivity contribution in [2.45, 2.75) is 30.0 Å². The molecule has 0 unspecified atom stereocenters. The summed E-state index contributed by atoms with van der Waals surface area (Å²) >= 11 is 0. The fourth-order valence-electron chi connectivity index (χ4n) is 2.63. The minimum atomic E-state index is -3.71. The van der Waals surface area contributed by atoms with Crippen molar-refractivity contribution >= 4 is 25.8 Å². The lowest BCUT2D eigenvalue weighted by atomic mass is 10.2. The number of benzene rings is 1. The van der Waals surface area contributed by atoms with Gasteiger partial charge in [0.1, 0.15) is 0 Å². The lowest BCUT2D eigenvalue weighted by molar-refractivity contribution is 0.353. The molecule has 0 aromatic heterocycles. The van der Waals surface area contributed by atoms with Crippen LogP contribution >= 0.6 is 0 Å². The fraction of sp³-hybridized carbons (Fsp3) is 0.533. The second kappa shape index (κ2) is 6.93. The fourth-order valence-corrected chi connectivity index (χ4v) is 4.52. The highest BCUT2D eigenvalue weighted by atomic mass is 32.2. The smallest absolute Gasteiger partial charge is 0.238 e. The average molecular weight is 389 g/mol. The van der Waals surface area contributed by atoms with E-state index in [1.165, 1.54) is 12.1 Å². The van der Waals surface area contributed by atoms with Crippen molar-refractivity contribution in [2.75, 3.05) is 25.9 Å². The molecule has 1 aliphatic heterocycles. The number of sulfonamides is 1. The quantitative estimate of drug-likeness (QED) is 0.552. The molecule has 8 nitrogen and oxygen atoms in total.